The Morgan fingerprint density at radius 2 is 2.00 bits per heavy atom. The monoisotopic (exact) mass is 419 g/mol. The molecule has 21 heavy (non-hydrogen) atoms. The summed E-state index contributed by atoms with van der Waals surface area (Å²) in [6, 6.07) is 7.75. The molecule has 0 amide bonds. The number of aromatic nitrogens is 2. The van der Waals surface area contributed by atoms with Crippen molar-refractivity contribution < 1.29 is 0 Å². The molecule has 0 saturated carbocycles. The Bertz CT molecular complexity index is 597. The third kappa shape index (κ3) is 5.92. The van der Waals surface area contributed by atoms with E-state index in [0.717, 1.165) is 22.1 Å². The molecule has 1 heterocycles. The summed E-state index contributed by atoms with van der Waals surface area (Å²) in [6.07, 6.45) is 3.80. The van der Waals surface area contributed by atoms with E-state index >= 15 is 0 Å². The summed E-state index contributed by atoms with van der Waals surface area (Å²) in [5.74, 6) is 0.744. The highest BCUT2D eigenvalue weighted by atomic mass is 127. The van der Waals surface area contributed by atoms with Gasteiger partial charge in [-0.2, -0.15) is 5.10 Å². The van der Waals surface area contributed by atoms with E-state index in [-0.39, 0.29) is 24.0 Å². The van der Waals surface area contributed by atoms with Crippen LogP contribution in [0.3, 0.4) is 0 Å². The number of halogens is 2. The standard InChI is InChI=1S/C14H18ClN5.HI/c1-16-14(18-8-12-9-19-20(2)10-12)17-7-11-4-3-5-13(15)6-11;/h3-6,9-10H,7-8H2,1-2H3,(H2,16,17,18);1H. The second-order valence-electron chi connectivity index (χ2n) is 4.43. The zero-order valence-corrected chi connectivity index (χ0v) is 15.1. The van der Waals surface area contributed by atoms with Crippen LogP contribution in [0.5, 0.6) is 0 Å². The second-order valence-corrected chi connectivity index (χ2v) is 4.87. The molecule has 1 aromatic heterocycles. The number of hydrogen-bond donors (Lipinski definition) is 2. The smallest absolute Gasteiger partial charge is 0.191 e. The minimum absolute atomic E-state index is 0. The van der Waals surface area contributed by atoms with E-state index in [1.54, 1.807) is 11.7 Å². The topological polar surface area (TPSA) is 54.2 Å². The first-order valence-corrected chi connectivity index (χ1v) is 6.71. The Morgan fingerprint density at radius 3 is 2.57 bits per heavy atom. The maximum absolute atomic E-state index is 5.95. The van der Waals surface area contributed by atoms with E-state index in [4.69, 9.17) is 11.6 Å². The van der Waals surface area contributed by atoms with Gasteiger partial charge in [0.2, 0.25) is 0 Å². The molecule has 2 rings (SSSR count). The molecule has 5 nitrogen and oxygen atoms in total. The number of rotatable bonds is 4. The maximum atomic E-state index is 5.95. The summed E-state index contributed by atoms with van der Waals surface area (Å²) in [6.45, 7) is 1.36. The SMILES string of the molecule is CN=C(NCc1cccc(Cl)c1)NCc1cnn(C)c1.I. The molecule has 0 unspecified atom stereocenters. The van der Waals surface area contributed by atoms with E-state index in [1.807, 2.05) is 43.7 Å². The fraction of sp³-hybridized carbons (Fsp3) is 0.286. The largest absolute Gasteiger partial charge is 0.352 e. The fourth-order valence-electron chi connectivity index (χ4n) is 1.80. The van der Waals surface area contributed by atoms with Crippen molar-refractivity contribution >= 4 is 41.5 Å². The normalized spacial score (nSPS) is 10.9. The van der Waals surface area contributed by atoms with Crippen LogP contribution >= 0.6 is 35.6 Å². The Balaban J connectivity index is 0.00000220. The number of aliphatic imine (C=N–C) groups is 1. The van der Waals surface area contributed by atoms with Crippen LogP contribution in [0.1, 0.15) is 11.1 Å². The molecule has 0 aliphatic rings. The van der Waals surface area contributed by atoms with Gasteiger partial charge in [-0.25, -0.2) is 0 Å². The molecule has 0 saturated heterocycles. The molecular weight excluding hydrogens is 401 g/mol. The van der Waals surface area contributed by atoms with Crippen molar-refractivity contribution in [1.29, 1.82) is 0 Å². The first kappa shape index (κ1) is 17.8. The van der Waals surface area contributed by atoms with Gasteiger partial charge in [0.05, 0.1) is 6.20 Å². The van der Waals surface area contributed by atoms with Gasteiger partial charge in [-0.3, -0.25) is 9.67 Å². The molecule has 0 spiro atoms. The summed E-state index contributed by atoms with van der Waals surface area (Å²) >= 11 is 5.95. The lowest BCUT2D eigenvalue weighted by molar-refractivity contribution is 0.765. The van der Waals surface area contributed by atoms with Crippen LogP contribution in [0.4, 0.5) is 0 Å². The van der Waals surface area contributed by atoms with Crippen molar-refractivity contribution in [3.8, 4) is 0 Å². The number of guanidine groups is 1. The van der Waals surface area contributed by atoms with Crippen LogP contribution in [-0.4, -0.2) is 22.8 Å². The van der Waals surface area contributed by atoms with Gasteiger partial charge in [0.15, 0.2) is 5.96 Å². The molecule has 0 aliphatic carbocycles. The van der Waals surface area contributed by atoms with Crippen LogP contribution in [-0.2, 0) is 20.1 Å². The van der Waals surface area contributed by atoms with Crippen molar-refractivity contribution in [2.45, 2.75) is 13.1 Å². The number of nitrogens with one attached hydrogen (secondary N) is 2. The minimum atomic E-state index is 0. The van der Waals surface area contributed by atoms with Gasteiger partial charge in [-0.1, -0.05) is 23.7 Å². The van der Waals surface area contributed by atoms with E-state index in [0.29, 0.717) is 13.1 Å². The number of hydrogen-bond acceptors (Lipinski definition) is 2. The van der Waals surface area contributed by atoms with E-state index in [2.05, 4.69) is 20.7 Å². The lowest BCUT2D eigenvalue weighted by atomic mass is 10.2. The highest BCUT2D eigenvalue weighted by Gasteiger charge is 2.00. The number of nitrogens with zero attached hydrogens (tertiary/aromatic N) is 3. The van der Waals surface area contributed by atoms with Gasteiger partial charge in [-0.05, 0) is 17.7 Å². The van der Waals surface area contributed by atoms with Crippen molar-refractivity contribution in [3.05, 3.63) is 52.8 Å². The predicted octanol–water partition coefficient (Wildman–Crippen LogP) is 2.56. The summed E-state index contributed by atoms with van der Waals surface area (Å²) in [4.78, 5) is 4.18. The summed E-state index contributed by atoms with van der Waals surface area (Å²) in [7, 11) is 3.65. The van der Waals surface area contributed by atoms with E-state index in [9.17, 15) is 0 Å². The lowest BCUT2D eigenvalue weighted by Gasteiger charge is -2.11. The average Bonchev–Trinajstić information content (AvgIpc) is 2.85. The fourth-order valence-corrected chi connectivity index (χ4v) is 2.02. The van der Waals surface area contributed by atoms with Crippen LogP contribution in [0.2, 0.25) is 5.02 Å². The molecule has 0 aliphatic heterocycles. The van der Waals surface area contributed by atoms with Crippen molar-refractivity contribution in [1.82, 2.24) is 20.4 Å². The van der Waals surface area contributed by atoms with E-state index in [1.165, 1.54) is 0 Å². The zero-order chi connectivity index (χ0) is 14.4. The first-order chi connectivity index (χ1) is 9.67. The molecule has 0 radical (unpaired) electrons. The Labute approximate surface area is 146 Å². The zero-order valence-electron chi connectivity index (χ0n) is 12.0. The summed E-state index contributed by atoms with van der Waals surface area (Å²) < 4.78 is 1.78. The number of benzene rings is 1. The van der Waals surface area contributed by atoms with Crippen LogP contribution < -0.4 is 10.6 Å². The molecule has 0 atom stereocenters. The predicted molar refractivity (Wildman–Crippen MR) is 97.1 cm³/mol. The van der Waals surface area contributed by atoms with Gasteiger partial charge in [-0.15, -0.1) is 24.0 Å². The summed E-state index contributed by atoms with van der Waals surface area (Å²) in [5.41, 5.74) is 2.22. The molecule has 0 fully saturated rings. The third-order valence-electron chi connectivity index (χ3n) is 2.79. The maximum Gasteiger partial charge on any atom is 0.191 e. The highest BCUT2D eigenvalue weighted by Crippen LogP contribution is 2.10. The van der Waals surface area contributed by atoms with Crippen molar-refractivity contribution in [2.75, 3.05) is 7.05 Å². The molecule has 2 aromatic rings. The van der Waals surface area contributed by atoms with Crippen LogP contribution in [0.15, 0.2) is 41.7 Å². The van der Waals surface area contributed by atoms with Gasteiger partial charge in [0.1, 0.15) is 0 Å². The molecule has 114 valence electrons. The van der Waals surface area contributed by atoms with Crippen molar-refractivity contribution in [3.63, 3.8) is 0 Å². The molecule has 7 heteroatoms. The molecule has 2 N–H and O–H groups in total. The lowest BCUT2D eigenvalue weighted by Crippen LogP contribution is -2.36. The van der Waals surface area contributed by atoms with Crippen molar-refractivity contribution in [2.24, 2.45) is 12.0 Å². The molecule has 0 bridgehead atoms. The number of aryl methyl sites for hydroxylation is 1. The Morgan fingerprint density at radius 1 is 1.29 bits per heavy atom. The Kier molecular flexibility index (Phi) is 7.52. The average molecular weight is 420 g/mol. The van der Waals surface area contributed by atoms with Gasteiger partial charge in [0, 0.05) is 44.0 Å². The van der Waals surface area contributed by atoms with Crippen LogP contribution in [0.25, 0.3) is 0 Å². The second kappa shape index (κ2) is 8.89. The van der Waals surface area contributed by atoms with Gasteiger partial charge >= 0.3 is 0 Å². The van der Waals surface area contributed by atoms with Gasteiger partial charge in [0.25, 0.3) is 0 Å². The molecular formula is C14H19ClIN5. The minimum Gasteiger partial charge on any atom is -0.352 e. The van der Waals surface area contributed by atoms with E-state index < -0.39 is 0 Å². The first-order valence-electron chi connectivity index (χ1n) is 6.34. The Hall–Kier alpha value is -1.28. The molecule has 1 aromatic carbocycles. The quantitative estimate of drug-likeness (QED) is 0.455. The van der Waals surface area contributed by atoms with Crippen LogP contribution in [0, 0.1) is 0 Å². The summed E-state index contributed by atoms with van der Waals surface area (Å²) in [5, 5.41) is 11.3. The third-order valence-corrected chi connectivity index (χ3v) is 3.03. The highest BCUT2D eigenvalue weighted by molar-refractivity contribution is 14.0. The van der Waals surface area contributed by atoms with Gasteiger partial charge < -0.3 is 10.6 Å².